The molecule has 4 nitrogen and oxygen atoms in total. The van der Waals surface area contributed by atoms with Gasteiger partial charge in [-0.1, -0.05) is 6.58 Å². The van der Waals surface area contributed by atoms with Crippen LogP contribution in [0.25, 0.3) is 0 Å². The Labute approximate surface area is 57.8 Å². The van der Waals surface area contributed by atoms with Gasteiger partial charge in [-0.15, -0.1) is 0 Å². The fraction of sp³-hybridized carbons (Fsp3) is 0.200. The van der Waals surface area contributed by atoms with Gasteiger partial charge in [0, 0.05) is 0 Å². The van der Waals surface area contributed by atoms with Crippen LogP contribution in [0.3, 0.4) is 0 Å². The zero-order chi connectivity index (χ0) is 6.57. The second-order valence-electron chi connectivity index (χ2n) is 1.13. The molecule has 0 aromatic rings. The minimum Gasteiger partial charge on any atom is -0.465 e. The second-order valence-corrected chi connectivity index (χ2v) is 1.13. The molecule has 3 N–H and O–H groups in total. The van der Waals surface area contributed by atoms with Gasteiger partial charge in [0.25, 0.3) is 0 Å². The van der Waals surface area contributed by atoms with Gasteiger partial charge in [0.2, 0.25) is 0 Å². The van der Waals surface area contributed by atoms with Crippen LogP contribution in [0.15, 0.2) is 12.2 Å². The summed E-state index contributed by atoms with van der Waals surface area (Å²) in [6, 6.07) is 0. The highest BCUT2D eigenvalue weighted by molar-refractivity contribution is 6.06. The third-order valence-corrected chi connectivity index (χ3v) is 0.590. The molecule has 0 saturated heterocycles. The van der Waals surface area contributed by atoms with E-state index >= 15 is 0 Å². The molecule has 0 aliphatic heterocycles. The van der Waals surface area contributed by atoms with Crippen molar-refractivity contribution < 1.29 is 19.0 Å². The maximum absolute atomic E-state index is 10.2. The molecule has 0 bridgehead atoms. The highest BCUT2D eigenvalue weighted by atomic mass is 19.0. The van der Waals surface area contributed by atoms with Gasteiger partial charge in [-0.2, -0.15) is 0 Å². The molecule has 0 spiro atoms. The van der Waals surface area contributed by atoms with Crippen LogP contribution >= 0.6 is 0 Å². The Kier molecular flexibility index (Phi) is 12.4. The van der Waals surface area contributed by atoms with Gasteiger partial charge in [0.05, 0.1) is 12.7 Å². The topological polar surface area (TPSA) is 78.4 Å². The van der Waals surface area contributed by atoms with Gasteiger partial charge in [-0.05, 0) is 0 Å². The molecule has 0 heterocycles. The molecule has 0 atom stereocenters. The Balaban J connectivity index is -0.000000245. The van der Waals surface area contributed by atoms with Gasteiger partial charge in [0.1, 0.15) is 0 Å². The molecular formula is C5H10FNO3. The highest BCUT2D eigenvalue weighted by Crippen LogP contribution is 1.85. The Morgan fingerprint density at radius 3 is 2.10 bits per heavy atom. The monoisotopic (exact) mass is 151 g/mol. The minimum absolute atomic E-state index is 0. The molecule has 0 aromatic carbocycles. The lowest BCUT2D eigenvalue weighted by Gasteiger charge is -1.90. The Bertz CT molecular complexity index is 135. The summed E-state index contributed by atoms with van der Waals surface area (Å²) in [5.74, 6) is -0.681. The highest BCUT2D eigenvalue weighted by Gasteiger charge is 2.01. The van der Waals surface area contributed by atoms with Gasteiger partial charge in [-0.25, -0.2) is 4.79 Å². The van der Waals surface area contributed by atoms with E-state index in [9.17, 15) is 9.59 Å². The minimum atomic E-state index is -0.681. The summed E-state index contributed by atoms with van der Waals surface area (Å²) in [5, 5.41) is 0. The van der Waals surface area contributed by atoms with E-state index in [4.69, 9.17) is 0 Å². The van der Waals surface area contributed by atoms with E-state index in [1.54, 1.807) is 0 Å². The van der Waals surface area contributed by atoms with E-state index < -0.39 is 5.97 Å². The smallest absolute Gasteiger partial charge is 0.340 e. The summed E-state index contributed by atoms with van der Waals surface area (Å²) in [6.07, 6.45) is 0.353. The Morgan fingerprint density at radius 2 is 2.00 bits per heavy atom. The number of methoxy groups -OCH3 is 1. The number of ether oxygens (including phenoxy) is 1. The van der Waals surface area contributed by atoms with E-state index in [1.807, 2.05) is 0 Å². The molecule has 0 fully saturated rings. The first-order chi connectivity index (χ1) is 3.72. The van der Waals surface area contributed by atoms with E-state index in [0.717, 1.165) is 0 Å². The van der Waals surface area contributed by atoms with E-state index in [2.05, 4.69) is 11.3 Å². The first kappa shape index (κ1) is 15.9. The van der Waals surface area contributed by atoms with E-state index in [1.165, 1.54) is 7.11 Å². The lowest BCUT2D eigenvalue weighted by atomic mass is 10.3. The normalized spacial score (nSPS) is 6.10. The third kappa shape index (κ3) is 4.92. The van der Waals surface area contributed by atoms with Crippen LogP contribution in [0.4, 0.5) is 4.70 Å². The van der Waals surface area contributed by atoms with Crippen LogP contribution in [0.2, 0.25) is 0 Å². The number of carbonyl (C=O) groups excluding carboxylic acids is 2. The maximum Gasteiger partial charge on any atom is 0.340 e. The van der Waals surface area contributed by atoms with Crippen LogP contribution in [-0.2, 0) is 14.3 Å². The van der Waals surface area contributed by atoms with Gasteiger partial charge < -0.3 is 10.9 Å². The van der Waals surface area contributed by atoms with E-state index in [0.29, 0.717) is 6.29 Å². The van der Waals surface area contributed by atoms with Crippen molar-refractivity contribution in [2.75, 3.05) is 7.11 Å². The number of hydrogen-bond acceptors (Lipinski definition) is 4. The van der Waals surface area contributed by atoms with Crippen molar-refractivity contribution in [3.8, 4) is 0 Å². The maximum atomic E-state index is 10.2. The number of hydrogen-bond donors (Lipinski definition) is 1. The number of aldehydes is 1. The molecule has 0 radical (unpaired) electrons. The Hall–Kier alpha value is -1.23. The quantitative estimate of drug-likeness (QED) is 0.201. The molecule has 0 saturated carbocycles. The standard InChI is InChI=1S/C5H6O3.FH.H3N/c1-4(3-6)5(7)8-2;;/h3H,1H2,2H3;1H;1H3. The zero-order valence-corrected chi connectivity index (χ0v) is 5.62. The van der Waals surface area contributed by atoms with Crippen LogP contribution in [0, 0.1) is 0 Å². The van der Waals surface area contributed by atoms with Crippen molar-refractivity contribution in [3.63, 3.8) is 0 Å². The van der Waals surface area contributed by atoms with Crippen LogP contribution in [-0.4, -0.2) is 19.4 Å². The van der Waals surface area contributed by atoms with Crippen molar-refractivity contribution in [2.24, 2.45) is 0 Å². The summed E-state index contributed by atoms with van der Waals surface area (Å²) in [4.78, 5) is 19.9. The molecule has 0 rings (SSSR count). The molecule has 0 unspecified atom stereocenters. The van der Waals surface area contributed by atoms with Crippen LogP contribution in [0.1, 0.15) is 0 Å². The van der Waals surface area contributed by atoms with Gasteiger partial charge in [0.15, 0.2) is 6.29 Å². The van der Waals surface area contributed by atoms with Crippen molar-refractivity contribution in [3.05, 3.63) is 12.2 Å². The van der Waals surface area contributed by atoms with E-state index in [-0.39, 0.29) is 16.4 Å². The second kappa shape index (κ2) is 7.77. The number of halogens is 1. The van der Waals surface area contributed by atoms with Crippen LogP contribution < -0.4 is 6.15 Å². The van der Waals surface area contributed by atoms with Gasteiger partial charge >= 0.3 is 5.97 Å². The predicted molar refractivity (Wildman–Crippen MR) is 34.7 cm³/mol. The van der Waals surface area contributed by atoms with Gasteiger partial charge in [-0.3, -0.25) is 9.50 Å². The molecule has 0 amide bonds. The van der Waals surface area contributed by atoms with Crippen molar-refractivity contribution in [1.82, 2.24) is 6.15 Å². The zero-order valence-electron chi connectivity index (χ0n) is 5.62. The third-order valence-electron chi connectivity index (χ3n) is 0.590. The van der Waals surface area contributed by atoms with Crippen molar-refractivity contribution >= 4 is 12.3 Å². The molecular weight excluding hydrogens is 141 g/mol. The number of carbonyl (C=O) groups is 2. The lowest BCUT2D eigenvalue weighted by Crippen LogP contribution is -2.03. The molecule has 0 aromatic heterocycles. The molecule has 10 heavy (non-hydrogen) atoms. The lowest BCUT2D eigenvalue weighted by molar-refractivity contribution is -0.136. The number of esters is 1. The predicted octanol–water partition coefficient (Wildman–Crippen LogP) is 0.229. The SMILES string of the molecule is C=C(C=O)C(=O)OC.F.N. The van der Waals surface area contributed by atoms with Crippen molar-refractivity contribution in [1.29, 1.82) is 0 Å². The summed E-state index contributed by atoms with van der Waals surface area (Å²) in [7, 11) is 1.19. The molecule has 5 heteroatoms. The van der Waals surface area contributed by atoms with Crippen LogP contribution in [0.5, 0.6) is 0 Å². The molecule has 0 aliphatic carbocycles. The van der Waals surface area contributed by atoms with Crippen molar-refractivity contribution in [2.45, 2.75) is 0 Å². The summed E-state index contributed by atoms with van der Waals surface area (Å²) in [6.45, 7) is 3.10. The Morgan fingerprint density at radius 1 is 1.60 bits per heavy atom. The first-order valence-electron chi connectivity index (χ1n) is 1.94. The number of rotatable bonds is 2. The average molecular weight is 151 g/mol. The largest absolute Gasteiger partial charge is 0.465 e. The summed E-state index contributed by atoms with van der Waals surface area (Å²) >= 11 is 0. The fourth-order valence-electron chi connectivity index (χ4n) is 0.179. The summed E-state index contributed by atoms with van der Waals surface area (Å²) < 4.78 is 4.13. The average Bonchev–Trinajstić information content (AvgIpc) is 1.84. The fourth-order valence-corrected chi connectivity index (χ4v) is 0.179. The first-order valence-corrected chi connectivity index (χ1v) is 1.94. The molecule has 0 aliphatic rings. The molecule has 60 valence electrons. The summed E-state index contributed by atoms with van der Waals surface area (Å²) in [5.41, 5.74) is -0.160.